The van der Waals surface area contributed by atoms with Gasteiger partial charge in [0.2, 0.25) is 0 Å². The Bertz CT molecular complexity index is 805. The molecule has 5 heteroatoms. The zero-order chi connectivity index (χ0) is 17.1. The average molecular weight is 312 g/mol. The second-order valence-corrected chi connectivity index (χ2v) is 4.92. The molecule has 0 fully saturated rings. The van der Waals surface area contributed by atoms with Crippen LogP contribution in [0.5, 0.6) is 5.75 Å². The Hall–Kier alpha value is -3.08. The van der Waals surface area contributed by atoms with E-state index < -0.39 is 11.9 Å². The van der Waals surface area contributed by atoms with Gasteiger partial charge >= 0.3 is 11.9 Å². The third kappa shape index (κ3) is 2.81. The fourth-order valence-corrected chi connectivity index (χ4v) is 2.58. The number of para-hydroxylation sites is 1. The van der Waals surface area contributed by atoms with Gasteiger partial charge in [0.15, 0.2) is 0 Å². The first-order valence-corrected chi connectivity index (χ1v) is 6.82. The minimum Gasteiger partial charge on any atom is -0.495 e. The van der Waals surface area contributed by atoms with Crippen molar-refractivity contribution in [1.82, 2.24) is 0 Å². The summed E-state index contributed by atoms with van der Waals surface area (Å²) in [5, 5.41) is 19.0. The number of hydrogen-bond donors (Lipinski definition) is 2. The summed E-state index contributed by atoms with van der Waals surface area (Å²) in [6, 6.07) is 7.99. The van der Waals surface area contributed by atoms with Gasteiger partial charge in [-0.15, -0.1) is 0 Å². The molecule has 0 aliphatic carbocycles. The van der Waals surface area contributed by atoms with E-state index in [4.69, 9.17) is 4.74 Å². The molecular formula is C18H16O5. The fourth-order valence-electron chi connectivity index (χ4n) is 2.58. The highest BCUT2D eigenvalue weighted by atomic mass is 16.5. The van der Waals surface area contributed by atoms with Crippen molar-refractivity contribution in [2.24, 2.45) is 0 Å². The Balaban J connectivity index is 2.98. The van der Waals surface area contributed by atoms with Gasteiger partial charge in [0.1, 0.15) is 5.75 Å². The lowest BCUT2D eigenvalue weighted by molar-refractivity contribution is 0.0695. The van der Waals surface area contributed by atoms with Crippen LogP contribution in [-0.2, 0) is 0 Å². The van der Waals surface area contributed by atoms with Gasteiger partial charge in [0.05, 0.1) is 18.2 Å². The number of benzene rings is 2. The molecule has 0 radical (unpaired) electrons. The van der Waals surface area contributed by atoms with Gasteiger partial charge in [-0.3, -0.25) is 0 Å². The Morgan fingerprint density at radius 3 is 2.35 bits per heavy atom. The van der Waals surface area contributed by atoms with Crippen molar-refractivity contribution in [2.75, 3.05) is 7.11 Å². The largest absolute Gasteiger partial charge is 0.495 e. The number of ether oxygens (including phenoxy) is 1. The van der Waals surface area contributed by atoms with Crippen molar-refractivity contribution >= 4 is 18.0 Å². The van der Waals surface area contributed by atoms with Crippen LogP contribution in [0, 0.1) is 6.92 Å². The molecule has 23 heavy (non-hydrogen) atoms. The number of aryl methyl sites for hydroxylation is 1. The molecule has 2 rings (SSSR count). The van der Waals surface area contributed by atoms with E-state index in [2.05, 4.69) is 6.58 Å². The zero-order valence-corrected chi connectivity index (χ0v) is 12.8. The monoisotopic (exact) mass is 312 g/mol. The Kier molecular flexibility index (Phi) is 4.50. The fraction of sp³-hybridized carbons (Fsp3) is 0.111. The lowest BCUT2D eigenvalue weighted by Crippen LogP contribution is -2.10. The van der Waals surface area contributed by atoms with Crippen molar-refractivity contribution in [1.29, 1.82) is 0 Å². The van der Waals surface area contributed by atoms with Gasteiger partial charge in [-0.25, -0.2) is 9.59 Å². The molecule has 0 heterocycles. The highest BCUT2D eigenvalue weighted by Crippen LogP contribution is 2.38. The average Bonchev–Trinajstić information content (AvgIpc) is 2.52. The van der Waals surface area contributed by atoms with Crippen molar-refractivity contribution in [2.45, 2.75) is 6.92 Å². The van der Waals surface area contributed by atoms with Gasteiger partial charge in [-0.2, -0.15) is 0 Å². The van der Waals surface area contributed by atoms with Crippen LogP contribution in [0.4, 0.5) is 0 Å². The van der Waals surface area contributed by atoms with Gasteiger partial charge in [-0.05, 0) is 18.6 Å². The maximum Gasteiger partial charge on any atom is 0.336 e. The van der Waals surface area contributed by atoms with Gasteiger partial charge in [0, 0.05) is 16.7 Å². The third-order valence-corrected chi connectivity index (χ3v) is 3.60. The van der Waals surface area contributed by atoms with E-state index in [0.29, 0.717) is 22.4 Å². The summed E-state index contributed by atoms with van der Waals surface area (Å²) in [6.45, 7) is 5.32. The molecule has 0 saturated carbocycles. The smallest absolute Gasteiger partial charge is 0.336 e. The topological polar surface area (TPSA) is 83.8 Å². The molecule has 0 atom stereocenters. The molecule has 118 valence electrons. The summed E-state index contributed by atoms with van der Waals surface area (Å²) in [7, 11) is 1.45. The molecule has 2 aromatic rings. The molecule has 2 aromatic carbocycles. The van der Waals surface area contributed by atoms with E-state index in [-0.39, 0.29) is 16.7 Å². The number of aromatic carboxylic acids is 2. The van der Waals surface area contributed by atoms with Crippen LogP contribution in [0.2, 0.25) is 0 Å². The standard InChI is InChI=1S/C18H16O5/c1-4-11-6-5-7-12(16(11)23-3)15-13(17(19)20)9-8-10(2)14(15)18(21)22/h4-9H,1H2,2-3H3,(H,19,20)(H,21,22). The predicted molar refractivity (Wildman–Crippen MR) is 87.2 cm³/mol. The molecule has 0 bridgehead atoms. The van der Waals surface area contributed by atoms with E-state index in [0.717, 1.165) is 0 Å². The van der Waals surface area contributed by atoms with Crippen LogP contribution in [0.1, 0.15) is 31.8 Å². The van der Waals surface area contributed by atoms with E-state index in [1.807, 2.05) is 0 Å². The number of methoxy groups -OCH3 is 1. The SMILES string of the molecule is C=Cc1cccc(-c2c(C(=O)O)ccc(C)c2C(=O)O)c1OC. The Morgan fingerprint density at radius 1 is 1.13 bits per heavy atom. The van der Waals surface area contributed by atoms with Crippen molar-refractivity contribution < 1.29 is 24.5 Å². The van der Waals surface area contributed by atoms with Gasteiger partial charge < -0.3 is 14.9 Å². The highest BCUT2D eigenvalue weighted by molar-refractivity contribution is 6.07. The molecule has 0 amide bonds. The summed E-state index contributed by atoms with van der Waals surface area (Å²) in [5.41, 5.74) is 1.52. The summed E-state index contributed by atoms with van der Waals surface area (Å²) in [5.74, 6) is -2.00. The summed E-state index contributed by atoms with van der Waals surface area (Å²) in [6.07, 6.45) is 1.57. The summed E-state index contributed by atoms with van der Waals surface area (Å²) in [4.78, 5) is 23.3. The molecule has 0 aromatic heterocycles. The van der Waals surface area contributed by atoms with Gasteiger partial charge in [-0.1, -0.05) is 36.9 Å². The Labute approximate surface area is 133 Å². The zero-order valence-electron chi connectivity index (χ0n) is 12.8. The first kappa shape index (κ1) is 16.3. The molecule has 0 aliphatic rings. The Morgan fingerprint density at radius 2 is 1.83 bits per heavy atom. The maximum absolute atomic E-state index is 11.7. The number of carboxylic acid groups (broad SMARTS) is 2. The quantitative estimate of drug-likeness (QED) is 0.879. The summed E-state index contributed by atoms with van der Waals surface area (Å²) < 4.78 is 5.37. The predicted octanol–water partition coefficient (Wildman–Crippen LogP) is 3.71. The second-order valence-electron chi connectivity index (χ2n) is 4.92. The first-order chi connectivity index (χ1) is 10.9. The molecule has 5 nitrogen and oxygen atoms in total. The lowest BCUT2D eigenvalue weighted by atomic mass is 9.89. The molecule has 0 saturated heterocycles. The number of hydrogen-bond acceptors (Lipinski definition) is 3. The molecule has 2 N–H and O–H groups in total. The van der Waals surface area contributed by atoms with Crippen LogP contribution < -0.4 is 4.74 Å². The van der Waals surface area contributed by atoms with E-state index in [1.54, 1.807) is 31.2 Å². The van der Waals surface area contributed by atoms with Gasteiger partial charge in [0.25, 0.3) is 0 Å². The van der Waals surface area contributed by atoms with Crippen molar-refractivity contribution in [3.05, 3.63) is 59.2 Å². The maximum atomic E-state index is 11.7. The van der Waals surface area contributed by atoms with Crippen LogP contribution in [-0.4, -0.2) is 29.3 Å². The van der Waals surface area contributed by atoms with Crippen molar-refractivity contribution in [3.63, 3.8) is 0 Å². The normalized spacial score (nSPS) is 10.2. The number of carboxylic acids is 2. The van der Waals surface area contributed by atoms with Crippen LogP contribution in [0.25, 0.3) is 17.2 Å². The van der Waals surface area contributed by atoms with E-state index in [9.17, 15) is 19.8 Å². The number of rotatable bonds is 5. The highest BCUT2D eigenvalue weighted by Gasteiger charge is 2.24. The number of carbonyl (C=O) groups is 2. The van der Waals surface area contributed by atoms with Crippen LogP contribution in [0.15, 0.2) is 36.9 Å². The van der Waals surface area contributed by atoms with Crippen LogP contribution >= 0.6 is 0 Å². The second kappa shape index (κ2) is 6.36. The lowest BCUT2D eigenvalue weighted by Gasteiger charge is -2.17. The summed E-state index contributed by atoms with van der Waals surface area (Å²) >= 11 is 0. The minimum atomic E-state index is -1.20. The van der Waals surface area contributed by atoms with Crippen LogP contribution in [0.3, 0.4) is 0 Å². The minimum absolute atomic E-state index is 0.0515. The first-order valence-electron chi connectivity index (χ1n) is 6.82. The van der Waals surface area contributed by atoms with E-state index in [1.165, 1.54) is 19.2 Å². The molecule has 0 unspecified atom stereocenters. The van der Waals surface area contributed by atoms with E-state index >= 15 is 0 Å². The molecule has 0 aliphatic heterocycles. The molecular weight excluding hydrogens is 296 g/mol. The third-order valence-electron chi connectivity index (χ3n) is 3.60. The molecule has 0 spiro atoms. The van der Waals surface area contributed by atoms with Crippen molar-refractivity contribution in [3.8, 4) is 16.9 Å².